The van der Waals surface area contributed by atoms with E-state index in [1.54, 1.807) is 18.2 Å². The minimum atomic E-state index is -0.912. The van der Waals surface area contributed by atoms with Crippen LogP contribution in [-0.4, -0.2) is 71.4 Å². The van der Waals surface area contributed by atoms with Crippen LogP contribution in [0.4, 0.5) is 23.4 Å². The Morgan fingerprint density at radius 3 is 2.64 bits per heavy atom. The van der Waals surface area contributed by atoms with Crippen molar-refractivity contribution in [1.29, 1.82) is 0 Å². The Morgan fingerprint density at radius 1 is 1.02 bits per heavy atom. The molecule has 0 unspecified atom stereocenters. The van der Waals surface area contributed by atoms with Gasteiger partial charge in [-0.2, -0.15) is 9.97 Å². The highest BCUT2D eigenvalue weighted by molar-refractivity contribution is 6.02. The lowest BCUT2D eigenvalue weighted by Gasteiger charge is -2.34. The number of ether oxygens (including phenoxy) is 1. The van der Waals surface area contributed by atoms with E-state index < -0.39 is 29.2 Å². The van der Waals surface area contributed by atoms with Crippen LogP contribution in [0.2, 0.25) is 0 Å². The van der Waals surface area contributed by atoms with Crippen LogP contribution in [-0.2, 0) is 6.42 Å². The number of aryl methyl sites for hydroxylation is 1. The van der Waals surface area contributed by atoms with E-state index in [4.69, 9.17) is 9.72 Å². The molecule has 5 heterocycles. The minimum absolute atomic E-state index is 0.00316. The molecule has 6 nitrogen and oxygen atoms in total. The Balaban J connectivity index is 1.28. The summed E-state index contributed by atoms with van der Waals surface area (Å²) in [6, 6.07) is 10.0. The summed E-state index contributed by atoms with van der Waals surface area (Å²) in [7, 11) is 0. The first-order chi connectivity index (χ1) is 21.3. The second-order valence-electron chi connectivity index (χ2n) is 13.0. The van der Waals surface area contributed by atoms with Crippen molar-refractivity contribution in [2.45, 2.75) is 69.2 Å². The van der Waals surface area contributed by atoms with Crippen LogP contribution in [0.3, 0.4) is 0 Å². The number of anilines is 1. The van der Waals surface area contributed by atoms with Gasteiger partial charge in [0.05, 0.1) is 11.1 Å². The van der Waals surface area contributed by atoms with Crippen LogP contribution in [0.5, 0.6) is 6.01 Å². The first kappa shape index (κ1) is 28.0. The molecule has 4 atom stereocenters. The summed E-state index contributed by atoms with van der Waals surface area (Å²) in [6.07, 6.45) is 3.68. The third-order valence-electron chi connectivity index (χ3n) is 10.3. The number of hydrogen-bond acceptors (Lipinski definition) is 6. The number of aromatic nitrogens is 2. The molecule has 4 aliphatic rings. The number of nitrogens with one attached hydrogen (secondary N) is 1. The maximum absolute atomic E-state index is 16.8. The van der Waals surface area contributed by atoms with Crippen molar-refractivity contribution in [3.8, 4) is 17.1 Å². The topological polar surface area (TPSA) is 53.5 Å². The van der Waals surface area contributed by atoms with Gasteiger partial charge in [0.15, 0.2) is 5.82 Å². The van der Waals surface area contributed by atoms with Crippen LogP contribution < -0.4 is 15.0 Å². The molecule has 44 heavy (non-hydrogen) atoms. The fourth-order valence-electron chi connectivity index (χ4n) is 8.31. The number of piperazine rings is 1. The smallest absolute Gasteiger partial charge is 0.319 e. The van der Waals surface area contributed by atoms with Crippen molar-refractivity contribution < 1.29 is 22.3 Å². The molecule has 8 rings (SSSR count). The molecule has 0 saturated carbocycles. The molecule has 4 aliphatic heterocycles. The van der Waals surface area contributed by atoms with E-state index in [2.05, 4.69) is 20.1 Å². The van der Waals surface area contributed by atoms with Crippen LogP contribution in [0.1, 0.15) is 44.6 Å². The van der Waals surface area contributed by atoms with Crippen molar-refractivity contribution in [1.82, 2.24) is 20.2 Å². The van der Waals surface area contributed by atoms with Gasteiger partial charge in [0.1, 0.15) is 35.7 Å². The predicted molar refractivity (Wildman–Crippen MR) is 162 cm³/mol. The Kier molecular flexibility index (Phi) is 6.71. The van der Waals surface area contributed by atoms with Crippen molar-refractivity contribution in [3.05, 3.63) is 59.4 Å². The summed E-state index contributed by atoms with van der Waals surface area (Å²) in [5, 5.41) is 5.05. The number of fused-ring (bicyclic) bond motifs is 5. The third-order valence-corrected chi connectivity index (χ3v) is 10.3. The van der Waals surface area contributed by atoms with E-state index in [1.165, 1.54) is 12.1 Å². The Bertz CT molecular complexity index is 1770. The number of benzene rings is 3. The Hall–Kier alpha value is -3.50. The van der Waals surface area contributed by atoms with Crippen LogP contribution in [0.25, 0.3) is 32.8 Å². The molecule has 0 spiro atoms. The number of nitrogens with zero attached hydrogens (tertiary/aromatic N) is 4. The zero-order valence-corrected chi connectivity index (χ0v) is 24.7. The Morgan fingerprint density at radius 2 is 1.84 bits per heavy atom. The van der Waals surface area contributed by atoms with E-state index in [0.717, 1.165) is 32.2 Å². The van der Waals surface area contributed by atoms with Crippen molar-refractivity contribution in [2.75, 3.05) is 37.7 Å². The highest BCUT2D eigenvalue weighted by atomic mass is 19.1. The monoisotopic (exact) mass is 605 g/mol. The maximum Gasteiger partial charge on any atom is 0.319 e. The van der Waals surface area contributed by atoms with E-state index in [0.29, 0.717) is 54.6 Å². The summed E-state index contributed by atoms with van der Waals surface area (Å²) in [6.45, 7) is 4.53. The summed E-state index contributed by atoms with van der Waals surface area (Å²) < 4.78 is 68.6. The molecule has 3 aromatic carbocycles. The van der Waals surface area contributed by atoms with E-state index in [1.807, 2.05) is 13.0 Å². The van der Waals surface area contributed by atoms with Crippen LogP contribution >= 0.6 is 0 Å². The lowest BCUT2D eigenvalue weighted by Crippen LogP contribution is -2.51. The molecule has 1 aromatic heterocycles. The summed E-state index contributed by atoms with van der Waals surface area (Å²) in [5.41, 5.74) is -0.0459. The summed E-state index contributed by atoms with van der Waals surface area (Å²) in [4.78, 5) is 13.5. The van der Waals surface area contributed by atoms with E-state index in [9.17, 15) is 8.78 Å². The molecule has 0 radical (unpaired) electrons. The quantitative estimate of drug-likeness (QED) is 0.260. The molecule has 230 valence electrons. The first-order valence-electron chi connectivity index (χ1n) is 15.8. The van der Waals surface area contributed by atoms with Gasteiger partial charge in [-0.15, -0.1) is 0 Å². The van der Waals surface area contributed by atoms with Gasteiger partial charge in [-0.25, -0.2) is 17.6 Å². The standard InChI is InChI=1S/C34H35F4N5O/c1-2-23-26(36)10-7-19-5-3-6-24(28(19)23)29-27(37)13-25-31(30(29)38)40-33(41-32(25)42-16-21-8-9-22(17-42)39-21)44-18-34-11-4-12-43(34)15-20(35)14-34/h3,5-7,10,13,20-22,39H,2,4,8-9,11-12,14-18H2,1H3/t20-,21-,22+,34+/m1/s1. The van der Waals surface area contributed by atoms with Crippen LogP contribution in [0.15, 0.2) is 36.4 Å². The second-order valence-corrected chi connectivity index (χ2v) is 13.0. The van der Waals surface area contributed by atoms with Gasteiger partial charge < -0.3 is 15.0 Å². The van der Waals surface area contributed by atoms with Gasteiger partial charge in [-0.1, -0.05) is 31.2 Å². The van der Waals surface area contributed by atoms with Gasteiger partial charge in [0, 0.05) is 43.5 Å². The fraction of sp³-hybridized carbons (Fsp3) is 0.471. The molecular weight excluding hydrogens is 570 g/mol. The number of rotatable bonds is 6. The minimum Gasteiger partial charge on any atom is -0.461 e. The molecule has 0 aliphatic carbocycles. The van der Waals surface area contributed by atoms with Crippen molar-refractivity contribution in [3.63, 3.8) is 0 Å². The molecule has 0 amide bonds. The average Bonchev–Trinajstić information content (AvgIpc) is 3.66. The SMILES string of the molecule is CCc1c(F)ccc2cccc(-c3c(F)cc4c(N5C[C@H]6CC[C@@H](C5)N6)nc(OC[C@@]56CCCN5C[C@H](F)C6)nc4c3F)c12. The van der Waals surface area contributed by atoms with E-state index >= 15 is 8.78 Å². The molecule has 4 fully saturated rings. The predicted octanol–water partition coefficient (Wildman–Crippen LogP) is 6.33. The highest BCUT2D eigenvalue weighted by Gasteiger charge is 2.49. The van der Waals surface area contributed by atoms with Gasteiger partial charge >= 0.3 is 6.01 Å². The van der Waals surface area contributed by atoms with Crippen molar-refractivity contribution >= 4 is 27.5 Å². The molecule has 4 aromatic rings. The molecular formula is C34H35F4N5O. The van der Waals surface area contributed by atoms with Gasteiger partial charge in [0.25, 0.3) is 0 Å². The third kappa shape index (κ3) is 4.43. The average molecular weight is 606 g/mol. The number of alkyl halides is 1. The highest BCUT2D eigenvalue weighted by Crippen LogP contribution is 2.42. The van der Waals surface area contributed by atoms with Gasteiger partial charge in [0.2, 0.25) is 0 Å². The lowest BCUT2D eigenvalue weighted by molar-refractivity contribution is 0.107. The number of halogens is 4. The normalized spacial score (nSPS) is 26.7. The zero-order chi connectivity index (χ0) is 30.2. The Labute approximate surface area is 253 Å². The van der Waals surface area contributed by atoms with Gasteiger partial charge in [-0.05, 0) is 72.7 Å². The van der Waals surface area contributed by atoms with E-state index in [-0.39, 0.29) is 46.7 Å². The number of hydrogen-bond donors (Lipinski definition) is 1. The lowest BCUT2D eigenvalue weighted by atomic mass is 9.92. The molecule has 2 bridgehead atoms. The second kappa shape index (κ2) is 10.5. The van der Waals surface area contributed by atoms with Crippen molar-refractivity contribution in [2.24, 2.45) is 0 Å². The molecule has 10 heteroatoms. The summed E-state index contributed by atoms with van der Waals surface area (Å²) in [5.74, 6) is -1.58. The fourth-order valence-corrected chi connectivity index (χ4v) is 8.31. The summed E-state index contributed by atoms with van der Waals surface area (Å²) >= 11 is 0. The maximum atomic E-state index is 16.8. The van der Waals surface area contributed by atoms with Crippen LogP contribution in [0, 0.1) is 17.5 Å². The largest absolute Gasteiger partial charge is 0.461 e. The van der Waals surface area contributed by atoms with Gasteiger partial charge in [-0.3, -0.25) is 4.90 Å². The molecule has 1 N–H and O–H groups in total. The first-order valence-corrected chi connectivity index (χ1v) is 15.8. The zero-order valence-electron chi connectivity index (χ0n) is 24.7. The molecule has 4 saturated heterocycles.